The van der Waals surface area contributed by atoms with Gasteiger partial charge in [-0.25, -0.2) is 4.79 Å². The average Bonchev–Trinajstić information content (AvgIpc) is 2.70. The van der Waals surface area contributed by atoms with Crippen LogP contribution in [0.3, 0.4) is 0 Å². The third kappa shape index (κ3) is 3.27. The van der Waals surface area contributed by atoms with E-state index in [2.05, 4.69) is 0 Å². The molecule has 0 aromatic carbocycles. The highest BCUT2D eigenvalue weighted by atomic mass is 16.6. The molecule has 2 rings (SSSR count). The smallest absolute Gasteiger partial charge is 0.411 e. The molecule has 1 aliphatic rings. The third-order valence-corrected chi connectivity index (χ3v) is 2.62. The first kappa shape index (κ1) is 13.5. The lowest BCUT2D eigenvalue weighted by Gasteiger charge is -2.24. The Labute approximate surface area is 110 Å². The summed E-state index contributed by atoms with van der Waals surface area (Å²) in [7, 11) is 0. The van der Waals surface area contributed by atoms with Crippen LogP contribution in [0.2, 0.25) is 0 Å². The number of aliphatic carboxylic acids is 1. The Morgan fingerprint density at radius 1 is 1.42 bits per heavy atom. The zero-order chi connectivity index (χ0) is 14.2. The van der Waals surface area contributed by atoms with E-state index in [0.29, 0.717) is 24.6 Å². The predicted molar refractivity (Wildman–Crippen MR) is 65.5 cm³/mol. The summed E-state index contributed by atoms with van der Waals surface area (Å²) in [4.78, 5) is 24.0. The molecule has 19 heavy (non-hydrogen) atoms. The Balaban J connectivity index is 1.99. The molecule has 6 nitrogen and oxygen atoms in total. The SMILES string of the molecule is CC(C)(C)OC(=O)N1Cc2cc(CC(=O)O)oc2C1. The number of rotatable bonds is 2. The van der Waals surface area contributed by atoms with E-state index in [1.807, 2.05) is 20.8 Å². The number of carboxylic acid groups (broad SMARTS) is 1. The Morgan fingerprint density at radius 3 is 2.63 bits per heavy atom. The maximum absolute atomic E-state index is 11.9. The molecule has 1 amide bonds. The Kier molecular flexibility index (Phi) is 3.26. The molecule has 0 saturated carbocycles. The zero-order valence-electron chi connectivity index (χ0n) is 11.2. The van der Waals surface area contributed by atoms with Crippen LogP contribution >= 0.6 is 0 Å². The normalized spacial score (nSPS) is 14.4. The van der Waals surface area contributed by atoms with Crippen molar-refractivity contribution in [2.45, 2.75) is 45.9 Å². The highest BCUT2D eigenvalue weighted by Crippen LogP contribution is 2.27. The van der Waals surface area contributed by atoms with E-state index in [9.17, 15) is 9.59 Å². The van der Waals surface area contributed by atoms with E-state index in [-0.39, 0.29) is 6.42 Å². The topological polar surface area (TPSA) is 80.0 Å². The maximum Gasteiger partial charge on any atom is 0.411 e. The number of nitrogens with zero attached hydrogens (tertiary/aromatic N) is 1. The second-order valence-corrected chi connectivity index (χ2v) is 5.57. The van der Waals surface area contributed by atoms with E-state index < -0.39 is 17.7 Å². The summed E-state index contributed by atoms with van der Waals surface area (Å²) in [5.41, 5.74) is 0.317. The van der Waals surface area contributed by atoms with Crippen LogP contribution in [0.4, 0.5) is 4.79 Å². The molecule has 0 spiro atoms. The van der Waals surface area contributed by atoms with Crippen molar-refractivity contribution in [1.29, 1.82) is 0 Å². The Bertz CT molecular complexity index is 488. The molecule has 2 heterocycles. The second-order valence-electron chi connectivity index (χ2n) is 5.57. The maximum atomic E-state index is 11.9. The summed E-state index contributed by atoms with van der Waals surface area (Å²) in [6, 6.07) is 1.69. The minimum absolute atomic E-state index is 0.139. The highest BCUT2D eigenvalue weighted by Gasteiger charge is 2.30. The first-order valence-electron chi connectivity index (χ1n) is 6.05. The molecule has 0 saturated heterocycles. The van der Waals surface area contributed by atoms with Crippen LogP contribution in [-0.2, 0) is 29.0 Å². The summed E-state index contributed by atoms with van der Waals surface area (Å²) in [6.07, 6.45) is -0.530. The quantitative estimate of drug-likeness (QED) is 0.888. The van der Waals surface area contributed by atoms with Gasteiger partial charge in [0.1, 0.15) is 23.5 Å². The van der Waals surface area contributed by atoms with Crippen molar-refractivity contribution in [2.75, 3.05) is 0 Å². The van der Waals surface area contributed by atoms with Crippen molar-refractivity contribution in [3.8, 4) is 0 Å². The fraction of sp³-hybridized carbons (Fsp3) is 0.538. The number of carbonyl (C=O) groups excluding carboxylic acids is 1. The van der Waals surface area contributed by atoms with Gasteiger partial charge in [-0.2, -0.15) is 0 Å². The molecule has 0 bridgehead atoms. The van der Waals surface area contributed by atoms with Gasteiger partial charge < -0.3 is 14.3 Å². The summed E-state index contributed by atoms with van der Waals surface area (Å²) in [6.45, 7) is 6.15. The van der Waals surface area contributed by atoms with Crippen molar-refractivity contribution in [3.05, 3.63) is 23.2 Å². The lowest BCUT2D eigenvalue weighted by atomic mass is 10.2. The molecule has 0 aliphatic carbocycles. The summed E-state index contributed by atoms with van der Waals surface area (Å²) >= 11 is 0. The molecule has 0 radical (unpaired) electrons. The van der Waals surface area contributed by atoms with E-state index >= 15 is 0 Å². The monoisotopic (exact) mass is 267 g/mol. The zero-order valence-corrected chi connectivity index (χ0v) is 11.2. The van der Waals surface area contributed by atoms with Crippen LogP contribution in [0.25, 0.3) is 0 Å². The average molecular weight is 267 g/mol. The van der Waals surface area contributed by atoms with Gasteiger partial charge in [0, 0.05) is 5.56 Å². The molecule has 104 valence electrons. The van der Waals surface area contributed by atoms with Crippen molar-refractivity contribution in [2.24, 2.45) is 0 Å². The summed E-state index contributed by atoms with van der Waals surface area (Å²) < 4.78 is 10.7. The molecule has 1 aliphatic heterocycles. The van der Waals surface area contributed by atoms with Crippen LogP contribution in [0.1, 0.15) is 37.9 Å². The van der Waals surface area contributed by atoms with E-state index in [1.54, 1.807) is 6.07 Å². The summed E-state index contributed by atoms with van der Waals surface area (Å²) in [5, 5.41) is 8.68. The molecular weight excluding hydrogens is 250 g/mol. The van der Waals surface area contributed by atoms with Crippen LogP contribution < -0.4 is 0 Å². The van der Waals surface area contributed by atoms with Gasteiger partial charge in [0.25, 0.3) is 0 Å². The molecular formula is C13H17NO5. The van der Waals surface area contributed by atoms with Crippen molar-refractivity contribution < 1.29 is 23.8 Å². The first-order valence-corrected chi connectivity index (χ1v) is 6.05. The number of hydrogen-bond donors (Lipinski definition) is 1. The first-order chi connectivity index (χ1) is 8.74. The Hall–Kier alpha value is -1.98. The molecule has 1 aromatic rings. The van der Waals surface area contributed by atoms with Gasteiger partial charge in [0.2, 0.25) is 0 Å². The number of amides is 1. The van der Waals surface area contributed by atoms with E-state index in [1.165, 1.54) is 4.90 Å². The molecule has 0 fully saturated rings. The van der Waals surface area contributed by atoms with Crippen molar-refractivity contribution in [3.63, 3.8) is 0 Å². The van der Waals surface area contributed by atoms with Crippen molar-refractivity contribution in [1.82, 2.24) is 4.90 Å². The largest absolute Gasteiger partial charge is 0.481 e. The number of ether oxygens (including phenoxy) is 1. The van der Waals surface area contributed by atoms with Crippen LogP contribution in [0, 0.1) is 0 Å². The summed E-state index contributed by atoms with van der Waals surface area (Å²) in [5.74, 6) is 0.125. The molecule has 6 heteroatoms. The predicted octanol–water partition coefficient (Wildman–Crippen LogP) is 2.16. The molecule has 0 atom stereocenters. The second kappa shape index (κ2) is 4.60. The van der Waals surface area contributed by atoms with Crippen LogP contribution in [0.15, 0.2) is 10.5 Å². The van der Waals surface area contributed by atoms with Gasteiger partial charge in [-0.15, -0.1) is 0 Å². The van der Waals surface area contributed by atoms with Gasteiger partial charge >= 0.3 is 12.1 Å². The lowest BCUT2D eigenvalue weighted by molar-refractivity contribution is -0.136. The van der Waals surface area contributed by atoms with Crippen molar-refractivity contribution >= 4 is 12.1 Å². The standard InChI is InChI=1S/C13H17NO5/c1-13(2,3)19-12(17)14-6-8-4-9(5-11(15)16)18-10(8)7-14/h4H,5-7H2,1-3H3,(H,15,16). The minimum atomic E-state index is -0.934. The number of fused-ring (bicyclic) bond motifs is 1. The number of hydrogen-bond acceptors (Lipinski definition) is 4. The van der Waals surface area contributed by atoms with Gasteiger partial charge in [-0.05, 0) is 26.8 Å². The number of carboxylic acids is 1. The van der Waals surface area contributed by atoms with E-state index in [4.69, 9.17) is 14.3 Å². The fourth-order valence-corrected chi connectivity index (χ4v) is 1.92. The fourth-order valence-electron chi connectivity index (χ4n) is 1.92. The number of carbonyl (C=O) groups is 2. The Morgan fingerprint density at radius 2 is 2.11 bits per heavy atom. The lowest BCUT2D eigenvalue weighted by Crippen LogP contribution is -2.33. The van der Waals surface area contributed by atoms with Gasteiger partial charge in [0.15, 0.2) is 0 Å². The van der Waals surface area contributed by atoms with Gasteiger partial charge in [-0.1, -0.05) is 0 Å². The molecule has 1 N–H and O–H groups in total. The van der Waals surface area contributed by atoms with Crippen LogP contribution in [-0.4, -0.2) is 27.7 Å². The van der Waals surface area contributed by atoms with Crippen LogP contribution in [0.5, 0.6) is 0 Å². The highest BCUT2D eigenvalue weighted by molar-refractivity contribution is 5.70. The minimum Gasteiger partial charge on any atom is -0.481 e. The van der Waals surface area contributed by atoms with E-state index in [0.717, 1.165) is 5.56 Å². The molecule has 0 unspecified atom stereocenters. The number of furan rings is 1. The van der Waals surface area contributed by atoms with Gasteiger partial charge in [-0.3, -0.25) is 9.69 Å². The molecule has 1 aromatic heterocycles. The third-order valence-electron chi connectivity index (χ3n) is 2.62. The van der Waals surface area contributed by atoms with Gasteiger partial charge in [0.05, 0.1) is 13.1 Å².